The van der Waals surface area contributed by atoms with Crippen LogP contribution in [0, 0.1) is 5.92 Å². The Morgan fingerprint density at radius 3 is 2.62 bits per heavy atom. The Hall–Kier alpha value is -2.31. The number of hydrogen-bond acceptors (Lipinski definition) is 4. The number of carboxylic acids is 1. The van der Waals surface area contributed by atoms with E-state index in [1.165, 1.54) is 11.8 Å². The molecule has 7 heteroatoms. The number of aromatic nitrogens is 3. The number of carboxylic acid groups (broad SMARTS) is 1. The highest BCUT2D eigenvalue weighted by atomic mass is 35.5. The van der Waals surface area contributed by atoms with E-state index in [-0.39, 0.29) is 11.8 Å². The van der Waals surface area contributed by atoms with Crippen LogP contribution in [0.3, 0.4) is 0 Å². The Morgan fingerprint density at radius 1 is 1.23 bits per heavy atom. The number of benzene rings is 1. The lowest BCUT2D eigenvalue weighted by Crippen LogP contribution is -1.98. The fourth-order valence-corrected chi connectivity index (χ4v) is 3.99. The van der Waals surface area contributed by atoms with Gasteiger partial charge in [0.1, 0.15) is 15.7 Å². The number of aryl methyl sites for hydroxylation is 1. The summed E-state index contributed by atoms with van der Waals surface area (Å²) in [6.45, 7) is 0. The molecule has 1 aromatic carbocycles. The Kier molecular flexibility index (Phi) is 4.46. The van der Waals surface area contributed by atoms with Crippen molar-refractivity contribution in [2.75, 3.05) is 0 Å². The van der Waals surface area contributed by atoms with Crippen LogP contribution in [-0.2, 0) is 11.8 Å². The van der Waals surface area contributed by atoms with E-state index in [1.54, 1.807) is 12.5 Å². The van der Waals surface area contributed by atoms with Crippen molar-refractivity contribution in [1.82, 2.24) is 14.5 Å². The first kappa shape index (κ1) is 17.1. The number of imidazole rings is 1. The topological polar surface area (TPSA) is 68.0 Å². The lowest BCUT2D eigenvalue weighted by Gasteiger charge is -2.07. The number of aliphatic carboxylic acids is 1. The van der Waals surface area contributed by atoms with Crippen LogP contribution in [0.15, 0.2) is 59.0 Å². The summed E-state index contributed by atoms with van der Waals surface area (Å²) in [5, 5.41) is 11.5. The van der Waals surface area contributed by atoms with Crippen LogP contribution in [-0.4, -0.2) is 25.6 Å². The third-order valence-electron chi connectivity index (χ3n) is 4.50. The Morgan fingerprint density at radius 2 is 2.00 bits per heavy atom. The lowest BCUT2D eigenvalue weighted by molar-refractivity contribution is -0.138. The predicted octanol–water partition coefficient (Wildman–Crippen LogP) is 4.47. The number of carbonyl (C=O) groups is 1. The Balaban J connectivity index is 1.58. The smallest absolute Gasteiger partial charge is 0.307 e. The number of nitrogens with zero attached hydrogens (tertiary/aromatic N) is 3. The summed E-state index contributed by atoms with van der Waals surface area (Å²) < 4.78 is 1.96. The predicted molar refractivity (Wildman–Crippen MR) is 100 cm³/mol. The molecule has 26 heavy (non-hydrogen) atoms. The first-order valence-electron chi connectivity index (χ1n) is 8.17. The van der Waals surface area contributed by atoms with Gasteiger partial charge >= 0.3 is 5.97 Å². The molecule has 1 aliphatic carbocycles. The molecule has 4 rings (SSSR count). The second-order valence-corrected chi connectivity index (χ2v) is 7.78. The van der Waals surface area contributed by atoms with Crippen LogP contribution < -0.4 is 0 Å². The summed E-state index contributed by atoms with van der Waals surface area (Å²) in [6.07, 6.45) is 4.13. The third kappa shape index (κ3) is 3.34. The molecule has 2 heterocycles. The zero-order valence-electron chi connectivity index (χ0n) is 14.0. The Labute approximate surface area is 160 Å². The summed E-state index contributed by atoms with van der Waals surface area (Å²) in [5.74, 6) is -0.812. The number of pyridine rings is 1. The van der Waals surface area contributed by atoms with Crippen LogP contribution >= 0.6 is 23.4 Å². The fourth-order valence-electron chi connectivity index (χ4n) is 2.98. The molecule has 1 aliphatic rings. The van der Waals surface area contributed by atoms with Gasteiger partial charge in [-0.05, 0) is 41.8 Å². The molecule has 0 bridgehead atoms. The molecule has 0 saturated heterocycles. The van der Waals surface area contributed by atoms with Crippen LogP contribution in [0.1, 0.15) is 17.9 Å². The van der Waals surface area contributed by atoms with Gasteiger partial charge in [0.2, 0.25) is 0 Å². The highest BCUT2D eigenvalue weighted by Gasteiger charge is 2.44. The first-order valence-corrected chi connectivity index (χ1v) is 9.36. The van der Waals surface area contributed by atoms with Gasteiger partial charge in [-0.1, -0.05) is 35.9 Å². The quantitative estimate of drug-likeness (QED) is 0.701. The van der Waals surface area contributed by atoms with Crippen molar-refractivity contribution in [1.29, 1.82) is 0 Å². The maximum atomic E-state index is 11.0. The summed E-state index contributed by atoms with van der Waals surface area (Å²) in [4.78, 5) is 19.9. The van der Waals surface area contributed by atoms with Gasteiger partial charge in [-0.25, -0.2) is 9.97 Å². The zero-order valence-corrected chi connectivity index (χ0v) is 15.5. The van der Waals surface area contributed by atoms with Crippen molar-refractivity contribution in [2.45, 2.75) is 22.4 Å². The monoisotopic (exact) mass is 385 g/mol. The molecule has 0 aliphatic heterocycles. The number of rotatable bonds is 5. The van der Waals surface area contributed by atoms with E-state index in [1.807, 2.05) is 48.0 Å². The third-order valence-corrected chi connectivity index (χ3v) is 5.85. The van der Waals surface area contributed by atoms with Gasteiger partial charge in [0.15, 0.2) is 0 Å². The van der Waals surface area contributed by atoms with Gasteiger partial charge in [0, 0.05) is 18.8 Å². The second kappa shape index (κ2) is 6.78. The largest absolute Gasteiger partial charge is 0.481 e. The van der Waals surface area contributed by atoms with Crippen LogP contribution in [0.4, 0.5) is 0 Å². The fraction of sp³-hybridized carbons (Fsp3) is 0.211. The molecule has 132 valence electrons. The number of hydrogen-bond donors (Lipinski definition) is 1. The molecule has 5 nitrogen and oxygen atoms in total. The van der Waals surface area contributed by atoms with Crippen molar-refractivity contribution < 1.29 is 9.90 Å². The summed E-state index contributed by atoms with van der Waals surface area (Å²) in [7, 11) is 1.95. The molecule has 0 radical (unpaired) electrons. The molecule has 2 atom stereocenters. The van der Waals surface area contributed by atoms with E-state index in [2.05, 4.69) is 9.97 Å². The molecule has 0 unspecified atom stereocenters. The molecule has 0 amide bonds. The van der Waals surface area contributed by atoms with Crippen molar-refractivity contribution >= 4 is 29.3 Å². The normalized spacial score (nSPS) is 18.7. The average Bonchev–Trinajstić information content (AvgIpc) is 3.37. The van der Waals surface area contributed by atoms with E-state index in [9.17, 15) is 4.79 Å². The van der Waals surface area contributed by atoms with E-state index in [0.717, 1.165) is 33.3 Å². The van der Waals surface area contributed by atoms with Crippen molar-refractivity contribution in [3.05, 3.63) is 59.5 Å². The molecule has 2 aromatic heterocycles. The van der Waals surface area contributed by atoms with Gasteiger partial charge in [0.05, 0.1) is 17.3 Å². The highest BCUT2D eigenvalue weighted by Crippen LogP contribution is 2.48. The van der Waals surface area contributed by atoms with Gasteiger partial charge in [-0.2, -0.15) is 0 Å². The van der Waals surface area contributed by atoms with Crippen molar-refractivity contribution in [3.63, 3.8) is 0 Å². The van der Waals surface area contributed by atoms with Crippen LogP contribution in [0.5, 0.6) is 0 Å². The van der Waals surface area contributed by atoms with Crippen LogP contribution in [0.2, 0.25) is 5.02 Å². The summed E-state index contributed by atoms with van der Waals surface area (Å²) >= 11 is 7.43. The molecule has 0 spiro atoms. The van der Waals surface area contributed by atoms with E-state index >= 15 is 0 Å². The van der Waals surface area contributed by atoms with Crippen molar-refractivity contribution in [3.8, 4) is 11.3 Å². The second-order valence-electron chi connectivity index (χ2n) is 6.33. The first-order chi connectivity index (χ1) is 12.5. The SMILES string of the molecule is Cn1cnc(-c2ccc([C@H]3C[C@@H]3C(=O)O)cc2)c1Sc1ccc(Cl)cn1. The minimum absolute atomic E-state index is 0.136. The number of halogens is 1. The van der Waals surface area contributed by atoms with E-state index < -0.39 is 5.97 Å². The molecular formula is C19H16ClN3O2S. The molecule has 1 fully saturated rings. The molecular weight excluding hydrogens is 370 g/mol. The maximum absolute atomic E-state index is 11.0. The lowest BCUT2D eigenvalue weighted by atomic mass is 10.1. The van der Waals surface area contributed by atoms with E-state index in [4.69, 9.17) is 16.7 Å². The molecule has 1 N–H and O–H groups in total. The van der Waals surface area contributed by atoms with E-state index in [0.29, 0.717) is 5.02 Å². The summed E-state index contributed by atoms with van der Waals surface area (Å²) in [6, 6.07) is 11.7. The highest BCUT2D eigenvalue weighted by molar-refractivity contribution is 7.99. The standard InChI is InChI=1S/C19H16ClN3O2S/c1-23-10-22-17(18(23)26-16-7-6-13(20)9-21-16)12-4-2-11(3-5-12)14-8-15(14)19(24)25/h2-7,9-10,14-15H,8H2,1H3,(H,24,25)/t14-,15+/m1/s1. The average molecular weight is 386 g/mol. The summed E-state index contributed by atoms with van der Waals surface area (Å²) in [5.41, 5.74) is 2.95. The zero-order chi connectivity index (χ0) is 18.3. The minimum atomic E-state index is -0.710. The van der Waals surface area contributed by atoms with Gasteiger partial charge in [0.25, 0.3) is 0 Å². The maximum Gasteiger partial charge on any atom is 0.307 e. The molecule has 3 aromatic rings. The minimum Gasteiger partial charge on any atom is -0.481 e. The Bertz CT molecular complexity index is 954. The molecule has 1 saturated carbocycles. The van der Waals surface area contributed by atoms with Gasteiger partial charge < -0.3 is 9.67 Å². The van der Waals surface area contributed by atoms with Gasteiger partial charge in [-0.15, -0.1) is 0 Å². The van der Waals surface area contributed by atoms with Crippen molar-refractivity contribution in [2.24, 2.45) is 13.0 Å². The van der Waals surface area contributed by atoms with Gasteiger partial charge in [-0.3, -0.25) is 4.79 Å². The van der Waals surface area contributed by atoms with Crippen LogP contribution in [0.25, 0.3) is 11.3 Å².